The zero-order valence-electron chi connectivity index (χ0n) is 13.7. The number of hydrogen-bond donors (Lipinski definition) is 1. The molecule has 0 radical (unpaired) electrons. The summed E-state index contributed by atoms with van der Waals surface area (Å²) < 4.78 is 2.82. The van der Waals surface area contributed by atoms with E-state index in [1.165, 1.54) is 23.1 Å². The highest BCUT2D eigenvalue weighted by Crippen LogP contribution is 2.31. The van der Waals surface area contributed by atoms with Crippen LogP contribution in [0.3, 0.4) is 0 Å². The number of aromatic nitrogens is 3. The number of aryl methyl sites for hydroxylation is 1. The van der Waals surface area contributed by atoms with Gasteiger partial charge >= 0.3 is 0 Å². The van der Waals surface area contributed by atoms with E-state index in [2.05, 4.69) is 14.8 Å². The van der Waals surface area contributed by atoms with Crippen LogP contribution in [0.4, 0.5) is 5.13 Å². The first kappa shape index (κ1) is 16.7. The van der Waals surface area contributed by atoms with Crippen molar-refractivity contribution in [3.63, 3.8) is 0 Å². The molecule has 7 heteroatoms. The van der Waals surface area contributed by atoms with Crippen LogP contribution in [0.2, 0.25) is 0 Å². The van der Waals surface area contributed by atoms with Gasteiger partial charge < -0.3 is 10.3 Å². The molecule has 0 amide bonds. The van der Waals surface area contributed by atoms with Crippen molar-refractivity contribution in [1.82, 2.24) is 14.8 Å². The van der Waals surface area contributed by atoms with Crippen LogP contribution in [0.15, 0.2) is 40.7 Å². The predicted octanol–water partition coefficient (Wildman–Crippen LogP) is 3.89. The Labute approximate surface area is 148 Å². The third-order valence-corrected chi connectivity index (χ3v) is 5.72. The summed E-state index contributed by atoms with van der Waals surface area (Å²) in [6.45, 7) is 5.88. The van der Waals surface area contributed by atoms with Gasteiger partial charge in [0.1, 0.15) is 0 Å². The van der Waals surface area contributed by atoms with Gasteiger partial charge in [-0.3, -0.25) is 4.79 Å². The minimum atomic E-state index is -0.248. The predicted molar refractivity (Wildman–Crippen MR) is 99.2 cm³/mol. The van der Waals surface area contributed by atoms with Crippen molar-refractivity contribution in [1.29, 1.82) is 0 Å². The average Bonchev–Trinajstić information content (AvgIpc) is 3.10. The maximum atomic E-state index is 12.9. The van der Waals surface area contributed by atoms with Gasteiger partial charge in [-0.25, -0.2) is 0 Å². The number of rotatable bonds is 5. The van der Waals surface area contributed by atoms with Gasteiger partial charge in [-0.15, -0.1) is 10.2 Å². The van der Waals surface area contributed by atoms with Crippen LogP contribution in [-0.2, 0) is 0 Å². The highest BCUT2D eigenvalue weighted by atomic mass is 32.2. The van der Waals surface area contributed by atoms with Crippen LogP contribution in [0.25, 0.3) is 5.69 Å². The molecule has 0 unspecified atom stereocenters. The number of ketones is 1. The van der Waals surface area contributed by atoms with Crippen molar-refractivity contribution in [2.75, 3.05) is 5.73 Å². The van der Waals surface area contributed by atoms with E-state index in [0.29, 0.717) is 9.47 Å². The van der Waals surface area contributed by atoms with E-state index in [1.807, 2.05) is 57.2 Å². The second-order valence-corrected chi connectivity index (χ2v) is 8.08. The quantitative estimate of drug-likeness (QED) is 0.553. The summed E-state index contributed by atoms with van der Waals surface area (Å²) in [4.78, 5) is 12.9. The van der Waals surface area contributed by atoms with E-state index in [-0.39, 0.29) is 11.0 Å². The van der Waals surface area contributed by atoms with Gasteiger partial charge in [0.15, 0.2) is 10.1 Å². The first-order valence-corrected chi connectivity index (χ1v) is 9.21. The van der Waals surface area contributed by atoms with Crippen LogP contribution in [-0.4, -0.2) is 25.8 Å². The summed E-state index contributed by atoms with van der Waals surface area (Å²) in [7, 11) is 0. The van der Waals surface area contributed by atoms with Crippen molar-refractivity contribution in [3.05, 3.63) is 53.3 Å². The fraction of sp³-hybridized carbons (Fsp3) is 0.235. The molecular formula is C17H18N4OS2. The van der Waals surface area contributed by atoms with E-state index in [4.69, 9.17) is 5.73 Å². The Bertz CT molecular complexity index is 870. The van der Waals surface area contributed by atoms with E-state index >= 15 is 0 Å². The molecule has 5 nitrogen and oxygen atoms in total. The fourth-order valence-corrected chi connectivity index (χ4v) is 4.53. The van der Waals surface area contributed by atoms with Gasteiger partial charge in [0.25, 0.3) is 0 Å². The molecule has 2 aromatic heterocycles. The van der Waals surface area contributed by atoms with Crippen molar-refractivity contribution in [2.24, 2.45) is 0 Å². The molecule has 3 aromatic rings. The lowest BCUT2D eigenvalue weighted by atomic mass is 10.1. The molecule has 124 valence electrons. The lowest BCUT2D eigenvalue weighted by Crippen LogP contribution is -2.14. The number of hydrogen-bond acceptors (Lipinski definition) is 6. The molecule has 0 fully saturated rings. The molecule has 2 heterocycles. The Morgan fingerprint density at radius 3 is 2.58 bits per heavy atom. The number of nitrogen functional groups attached to an aromatic ring is 1. The summed E-state index contributed by atoms with van der Waals surface area (Å²) in [6, 6.07) is 12.0. The summed E-state index contributed by atoms with van der Waals surface area (Å²) in [5.41, 5.74) is 9.39. The summed E-state index contributed by atoms with van der Waals surface area (Å²) >= 11 is 2.69. The molecular weight excluding hydrogens is 340 g/mol. The molecule has 0 spiro atoms. The van der Waals surface area contributed by atoms with Gasteiger partial charge in [-0.05, 0) is 39.0 Å². The Kier molecular flexibility index (Phi) is 4.73. The minimum Gasteiger partial charge on any atom is -0.374 e. The van der Waals surface area contributed by atoms with E-state index in [9.17, 15) is 4.79 Å². The highest BCUT2D eigenvalue weighted by molar-refractivity contribution is 8.02. The topological polar surface area (TPSA) is 73.8 Å². The Morgan fingerprint density at radius 1 is 1.25 bits per heavy atom. The van der Waals surface area contributed by atoms with E-state index in [1.54, 1.807) is 0 Å². The maximum Gasteiger partial charge on any atom is 0.203 e. The number of nitrogens with zero attached hydrogens (tertiary/aromatic N) is 3. The fourth-order valence-electron chi connectivity index (χ4n) is 2.68. The van der Waals surface area contributed by atoms with Crippen LogP contribution in [0.5, 0.6) is 0 Å². The lowest BCUT2D eigenvalue weighted by molar-refractivity contribution is 0.0993. The normalized spacial score (nSPS) is 12.3. The molecule has 2 N–H and O–H groups in total. The monoisotopic (exact) mass is 358 g/mol. The maximum absolute atomic E-state index is 12.9. The van der Waals surface area contributed by atoms with Crippen LogP contribution in [0.1, 0.15) is 28.7 Å². The molecule has 0 aliphatic heterocycles. The Hall–Kier alpha value is -2.12. The third-order valence-electron chi connectivity index (χ3n) is 3.78. The smallest absolute Gasteiger partial charge is 0.203 e. The zero-order chi connectivity index (χ0) is 17.3. The van der Waals surface area contributed by atoms with Crippen LogP contribution < -0.4 is 5.73 Å². The number of anilines is 1. The molecule has 0 bridgehead atoms. The van der Waals surface area contributed by atoms with E-state index in [0.717, 1.165) is 22.6 Å². The second-order valence-electron chi connectivity index (χ2n) is 5.49. The SMILES string of the molecule is Cc1cc(C(=O)[C@H](C)Sc2nnc(N)s2)c(C)n1-c1ccccc1. The van der Waals surface area contributed by atoms with Crippen molar-refractivity contribution in [2.45, 2.75) is 30.4 Å². The number of nitrogens with two attached hydrogens (primary N) is 1. The zero-order valence-corrected chi connectivity index (χ0v) is 15.3. The molecule has 24 heavy (non-hydrogen) atoms. The summed E-state index contributed by atoms with van der Waals surface area (Å²) in [5.74, 6) is 0.0871. The number of Topliss-reactive ketones (excluding diaryl/α,β-unsaturated/α-hetero) is 1. The van der Waals surface area contributed by atoms with Crippen LogP contribution >= 0.6 is 23.1 Å². The standard InChI is InChI=1S/C17H18N4OS2/c1-10-9-14(11(2)21(10)13-7-5-4-6-8-13)15(22)12(3)23-17-20-19-16(18)24-17/h4-9,12H,1-3H3,(H2,18,19)/t12-/m0/s1. The second kappa shape index (κ2) is 6.78. The number of carbonyl (C=O) groups excluding carboxylic acids is 1. The average molecular weight is 358 g/mol. The van der Waals surface area contributed by atoms with E-state index < -0.39 is 0 Å². The number of thioether (sulfide) groups is 1. The van der Waals surface area contributed by atoms with Crippen molar-refractivity contribution >= 4 is 34.0 Å². The van der Waals surface area contributed by atoms with Gasteiger partial charge in [0.05, 0.1) is 5.25 Å². The molecule has 0 aliphatic carbocycles. The molecule has 0 saturated heterocycles. The minimum absolute atomic E-state index is 0.0871. The summed E-state index contributed by atoms with van der Waals surface area (Å²) in [5, 5.41) is 7.93. The molecule has 1 aromatic carbocycles. The van der Waals surface area contributed by atoms with Gasteiger partial charge in [0, 0.05) is 22.6 Å². The molecule has 0 saturated carbocycles. The molecule has 1 atom stereocenters. The lowest BCUT2D eigenvalue weighted by Gasteiger charge is -2.11. The van der Waals surface area contributed by atoms with Gasteiger partial charge in [-0.2, -0.15) is 0 Å². The highest BCUT2D eigenvalue weighted by Gasteiger charge is 2.23. The largest absolute Gasteiger partial charge is 0.374 e. The number of carbonyl (C=O) groups is 1. The third kappa shape index (κ3) is 3.22. The molecule has 3 rings (SSSR count). The number of benzene rings is 1. The Morgan fingerprint density at radius 2 is 1.96 bits per heavy atom. The Balaban J connectivity index is 1.88. The van der Waals surface area contributed by atoms with Gasteiger partial charge in [0.2, 0.25) is 5.13 Å². The van der Waals surface area contributed by atoms with Gasteiger partial charge in [-0.1, -0.05) is 41.3 Å². The molecule has 0 aliphatic rings. The summed E-state index contributed by atoms with van der Waals surface area (Å²) in [6.07, 6.45) is 0. The first-order chi connectivity index (χ1) is 11.5. The first-order valence-electron chi connectivity index (χ1n) is 7.51. The number of para-hydroxylation sites is 1. The van der Waals surface area contributed by atoms with Crippen molar-refractivity contribution < 1.29 is 4.79 Å². The van der Waals surface area contributed by atoms with Crippen molar-refractivity contribution in [3.8, 4) is 5.69 Å². The van der Waals surface area contributed by atoms with Crippen LogP contribution in [0, 0.1) is 13.8 Å².